The number of fused-ring (bicyclic) bond motifs is 1. The highest BCUT2D eigenvalue weighted by Gasteiger charge is 2.07. The summed E-state index contributed by atoms with van der Waals surface area (Å²) in [5.41, 5.74) is 12.7. The predicted octanol–water partition coefficient (Wildman–Crippen LogP) is 2.10. The third kappa shape index (κ3) is 2.59. The van der Waals surface area contributed by atoms with Crippen LogP contribution in [0.5, 0.6) is 11.6 Å². The SMILES string of the molecule is NC(=O)c1ccc(Oc2ncnc3cc(N)ccc23)cc1. The van der Waals surface area contributed by atoms with Crippen LogP contribution in [0.1, 0.15) is 10.4 Å². The fourth-order valence-corrected chi connectivity index (χ4v) is 1.93. The fraction of sp³-hybridized carbons (Fsp3) is 0. The van der Waals surface area contributed by atoms with E-state index in [0.717, 1.165) is 5.39 Å². The van der Waals surface area contributed by atoms with Gasteiger partial charge >= 0.3 is 0 Å². The number of nitrogen functional groups attached to an aromatic ring is 1. The van der Waals surface area contributed by atoms with Crippen LogP contribution >= 0.6 is 0 Å². The number of rotatable bonds is 3. The largest absolute Gasteiger partial charge is 0.438 e. The van der Waals surface area contributed by atoms with Crippen LogP contribution < -0.4 is 16.2 Å². The molecule has 1 heterocycles. The molecule has 0 aliphatic heterocycles. The van der Waals surface area contributed by atoms with Crippen molar-refractivity contribution in [3.8, 4) is 11.6 Å². The molecule has 0 aliphatic rings. The molecule has 0 radical (unpaired) electrons. The number of ether oxygens (including phenoxy) is 1. The van der Waals surface area contributed by atoms with Gasteiger partial charge in [0.1, 0.15) is 12.1 Å². The van der Waals surface area contributed by atoms with Gasteiger partial charge in [-0.3, -0.25) is 4.79 Å². The number of anilines is 1. The lowest BCUT2D eigenvalue weighted by Crippen LogP contribution is -2.10. The topological polar surface area (TPSA) is 104 Å². The smallest absolute Gasteiger partial charge is 0.248 e. The minimum atomic E-state index is -0.482. The van der Waals surface area contributed by atoms with E-state index in [1.807, 2.05) is 0 Å². The van der Waals surface area contributed by atoms with Gasteiger partial charge in [-0.25, -0.2) is 9.97 Å². The zero-order chi connectivity index (χ0) is 14.8. The number of nitrogens with zero attached hydrogens (tertiary/aromatic N) is 2. The zero-order valence-electron chi connectivity index (χ0n) is 11.0. The van der Waals surface area contributed by atoms with Crippen molar-refractivity contribution >= 4 is 22.5 Å². The summed E-state index contributed by atoms with van der Waals surface area (Å²) in [6, 6.07) is 11.8. The van der Waals surface area contributed by atoms with E-state index in [1.54, 1.807) is 42.5 Å². The van der Waals surface area contributed by atoms with Crippen LogP contribution in [-0.4, -0.2) is 15.9 Å². The van der Waals surface area contributed by atoms with Gasteiger partial charge in [0.25, 0.3) is 0 Å². The van der Waals surface area contributed by atoms with Crippen molar-refractivity contribution in [2.24, 2.45) is 5.73 Å². The molecule has 0 saturated heterocycles. The van der Waals surface area contributed by atoms with Crippen molar-refractivity contribution < 1.29 is 9.53 Å². The van der Waals surface area contributed by atoms with E-state index in [1.165, 1.54) is 6.33 Å². The number of carbonyl (C=O) groups is 1. The second kappa shape index (κ2) is 5.09. The van der Waals surface area contributed by atoms with E-state index in [9.17, 15) is 4.79 Å². The molecule has 0 atom stereocenters. The summed E-state index contributed by atoms with van der Waals surface area (Å²) in [6.07, 6.45) is 1.41. The number of benzene rings is 2. The molecule has 0 aliphatic carbocycles. The third-order valence-corrected chi connectivity index (χ3v) is 2.98. The molecule has 3 aromatic rings. The van der Waals surface area contributed by atoms with Gasteiger partial charge in [0.05, 0.1) is 10.9 Å². The van der Waals surface area contributed by atoms with Gasteiger partial charge in [-0.15, -0.1) is 0 Å². The van der Waals surface area contributed by atoms with E-state index in [-0.39, 0.29) is 0 Å². The van der Waals surface area contributed by atoms with Gasteiger partial charge in [-0.05, 0) is 42.5 Å². The molecule has 4 N–H and O–H groups in total. The Morgan fingerprint density at radius 1 is 1.05 bits per heavy atom. The fourth-order valence-electron chi connectivity index (χ4n) is 1.93. The first-order valence-corrected chi connectivity index (χ1v) is 6.21. The summed E-state index contributed by atoms with van der Waals surface area (Å²) in [7, 11) is 0. The Labute approximate surface area is 120 Å². The highest BCUT2D eigenvalue weighted by Crippen LogP contribution is 2.27. The molecule has 0 fully saturated rings. The molecule has 6 heteroatoms. The monoisotopic (exact) mass is 280 g/mol. The van der Waals surface area contributed by atoms with Gasteiger partial charge in [0.2, 0.25) is 11.8 Å². The molecule has 0 bridgehead atoms. The number of primary amides is 1. The molecule has 6 nitrogen and oxygen atoms in total. The summed E-state index contributed by atoms with van der Waals surface area (Å²) in [4.78, 5) is 19.3. The van der Waals surface area contributed by atoms with Crippen molar-refractivity contribution in [3.05, 3.63) is 54.4 Å². The average molecular weight is 280 g/mol. The zero-order valence-corrected chi connectivity index (χ0v) is 11.0. The standard InChI is InChI=1S/C15H12N4O2/c16-10-3-6-12-13(7-10)18-8-19-15(12)21-11-4-1-9(2-5-11)14(17)20/h1-8H,16H2,(H2,17,20). The normalized spacial score (nSPS) is 10.5. The summed E-state index contributed by atoms with van der Waals surface area (Å²) < 4.78 is 5.72. The molecule has 0 unspecified atom stereocenters. The summed E-state index contributed by atoms with van der Waals surface area (Å²) in [5.74, 6) is 0.494. The van der Waals surface area contributed by atoms with E-state index in [4.69, 9.17) is 16.2 Å². The molecular formula is C15H12N4O2. The number of amides is 1. The lowest BCUT2D eigenvalue weighted by molar-refractivity contribution is 0.100. The first kappa shape index (κ1) is 12.9. The molecule has 1 amide bonds. The highest BCUT2D eigenvalue weighted by molar-refractivity contribution is 5.92. The van der Waals surface area contributed by atoms with Gasteiger partial charge in [-0.2, -0.15) is 0 Å². The van der Waals surface area contributed by atoms with Crippen molar-refractivity contribution in [2.45, 2.75) is 0 Å². The van der Waals surface area contributed by atoms with Crippen molar-refractivity contribution in [3.63, 3.8) is 0 Å². The van der Waals surface area contributed by atoms with Crippen LogP contribution in [0, 0.1) is 0 Å². The maximum Gasteiger partial charge on any atom is 0.248 e. The second-order valence-electron chi connectivity index (χ2n) is 4.45. The van der Waals surface area contributed by atoms with E-state index in [0.29, 0.717) is 28.4 Å². The quantitative estimate of drug-likeness (QED) is 0.715. The van der Waals surface area contributed by atoms with E-state index >= 15 is 0 Å². The highest BCUT2D eigenvalue weighted by atomic mass is 16.5. The van der Waals surface area contributed by atoms with Crippen molar-refractivity contribution in [2.75, 3.05) is 5.73 Å². The Balaban J connectivity index is 1.96. The van der Waals surface area contributed by atoms with E-state index in [2.05, 4.69) is 9.97 Å². The number of aromatic nitrogens is 2. The first-order chi connectivity index (χ1) is 10.1. The van der Waals surface area contributed by atoms with Gasteiger partial charge in [-0.1, -0.05) is 0 Å². The van der Waals surface area contributed by atoms with Gasteiger partial charge < -0.3 is 16.2 Å². The number of carbonyl (C=O) groups excluding carboxylic acids is 1. The lowest BCUT2D eigenvalue weighted by atomic mass is 10.2. The molecule has 21 heavy (non-hydrogen) atoms. The maximum absolute atomic E-state index is 11.0. The van der Waals surface area contributed by atoms with Crippen LogP contribution in [-0.2, 0) is 0 Å². The van der Waals surface area contributed by atoms with Crippen LogP contribution in [0.4, 0.5) is 5.69 Å². The van der Waals surface area contributed by atoms with Gasteiger partial charge in [0, 0.05) is 11.3 Å². The first-order valence-electron chi connectivity index (χ1n) is 6.21. The van der Waals surface area contributed by atoms with Crippen LogP contribution in [0.25, 0.3) is 10.9 Å². The summed E-state index contributed by atoms with van der Waals surface area (Å²) in [6.45, 7) is 0. The molecular weight excluding hydrogens is 268 g/mol. The van der Waals surface area contributed by atoms with E-state index < -0.39 is 5.91 Å². The lowest BCUT2D eigenvalue weighted by Gasteiger charge is -2.08. The summed E-state index contributed by atoms with van der Waals surface area (Å²) >= 11 is 0. The van der Waals surface area contributed by atoms with Crippen LogP contribution in [0.2, 0.25) is 0 Å². The Morgan fingerprint density at radius 2 is 1.81 bits per heavy atom. The molecule has 2 aromatic carbocycles. The molecule has 1 aromatic heterocycles. The molecule has 3 rings (SSSR count). The summed E-state index contributed by atoms with van der Waals surface area (Å²) in [5, 5.41) is 0.755. The maximum atomic E-state index is 11.0. The average Bonchev–Trinajstić information content (AvgIpc) is 2.47. The minimum Gasteiger partial charge on any atom is -0.438 e. The van der Waals surface area contributed by atoms with Crippen molar-refractivity contribution in [1.29, 1.82) is 0 Å². The Bertz CT molecular complexity index is 816. The minimum absolute atomic E-state index is 0.419. The van der Waals surface area contributed by atoms with Gasteiger partial charge in [0.15, 0.2) is 0 Å². The Kier molecular flexibility index (Phi) is 3.12. The number of hydrogen-bond donors (Lipinski definition) is 2. The second-order valence-corrected chi connectivity index (χ2v) is 4.45. The molecule has 104 valence electrons. The molecule has 0 saturated carbocycles. The van der Waals surface area contributed by atoms with Crippen LogP contribution in [0.15, 0.2) is 48.8 Å². The Hall–Kier alpha value is -3.15. The third-order valence-electron chi connectivity index (χ3n) is 2.98. The number of nitrogens with two attached hydrogens (primary N) is 2. The Morgan fingerprint density at radius 3 is 2.52 bits per heavy atom. The number of hydrogen-bond acceptors (Lipinski definition) is 5. The van der Waals surface area contributed by atoms with Crippen LogP contribution in [0.3, 0.4) is 0 Å². The van der Waals surface area contributed by atoms with Crippen molar-refractivity contribution in [1.82, 2.24) is 9.97 Å². The molecule has 0 spiro atoms. The predicted molar refractivity (Wildman–Crippen MR) is 79.0 cm³/mol.